The van der Waals surface area contributed by atoms with Gasteiger partial charge in [-0.2, -0.15) is 0 Å². The van der Waals surface area contributed by atoms with Crippen LogP contribution in [-0.2, 0) is 14.3 Å². The van der Waals surface area contributed by atoms with E-state index < -0.39 is 17.5 Å². The molecule has 3 heteroatoms. The first-order valence-electron chi connectivity index (χ1n) is 6.13. The van der Waals surface area contributed by atoms with E-state index in [9.17, 15) is 9.59 Å². The SMILES string of the molecule is C=CC(C)CCCC(C)(C)OC(=O)C(C)C=O. The molecule has 0 saturated carbocycles. The van der Waals surface area contributed by atoms with Gasteiger partial charge in [0, 0.05) is 0 Å². The van der Waals surface area contributed by atoms with Crippen molar-refractivity contribution in [3.8, 4) is 0 Å². The Morgan fingerprint density at radius 1 is 1.41 bits per heavy atom. The molecular weight excluding hydrogens is 216 g/mol. The molecule has 98 valence electrons. The van der Waals surface area contributed by atoms with E-state index in [0.717, 1.165) is 19.3 Å². The third kappa shape index (κ3) is 6.93. The number of allylic oxidation sites excluding steroid dienone is 1. The van der Waals surface area contributed by atoms with Crippen LogP contribution in [0.15, 0.2) is 12.7 Å². The Hall–Kier alpha value is -1.12. The largest absolute Gasteiger partial charge is 0.459 e. The molecule has 0 aliphatic rings. The normalized spacial score (nSPS) is 14.8. The quantitative estimate of drug-likeness (QED) is 0.283. The molecule has 0 aromatic heterocycles. The molecule has 0 aliphatic carbocycles. The number of hydrogen-bond acceptors (Lipinski definition) is 3. The van der Waals surface area contributed by atoms with Gasteiger partial charge in [0.2, 0.25) is 0 Å². The highest BCUT2D eigenvalue weighted by Gasteiger charge is 2.25. The molecule has 3 nitrogen and oxygen atoms in total. The van der Waals surface area contributed by atoms with Crippen LogP contribution >= 0.6 is 0 Å². The predicted molar refractivity (Wildman–Crippen MR) is 68.6 cm³/mol. The van der Waals surface area contributed by atoms with E-state index in [2.05, 4.69) is 13.5 Å². The van der Waals surface area contributed by atoms with E-state index in [4.69, 9.17) is 4.74 Å². The van der Waals surface area contributed by atoms with Crippen LogP contribution in [0.4, 0.5) is 0 Å². The molecule has 0 N–H and O–H groups in total. The number of aldehydes is 1. The van der Waals surface area contributed by atoms with Crippen molar-refractivity contribution in [2.45, 2.75) is 52.6 Å². The fourth-order valence-electron chi connectivity index (χ4n) is 1.44. The summed E-state index contributed by atoms with van der Waals surface area (Å²) in [5.74, 6) is -0.640. The molecule has 0 radical (unpaired) electrons. The van der Waals surface area contributed by atoms with Crippen molar-refractivity contribution in [3.63, 3.8) is 0 Å². The number of carbonyl (C=O) groups is 2. The van der Waals surface area contributed by atoms with Gasteiger partial charge in [0.1, 0.15) is 17.8 Å². The van der Waals surface area contributed by atoms with Crippen molar-refractivity contribution in [1.82, 2.24) is 0 Å². The van der Waals surface area contributed by atoms with Crippen LogP contribution in [0.5, 0.6) is 0 Å². The number of rotatable bonds is 8. The van der Waals surface area contributed by atoms with Gasteiger partial charge in [-0.15, -0.1) is 6.58 Å². The van der Waals surface area contributed by atoms with E-state index in [-0.39, 0.29) is 0 Å². The number of ether oxygens (including phenoxy) is 1. The topological polar surface area (TPSA) is 43.4 Å². The molecule has 0 bridgehead atoms. The van der Waals surface area contributed by atoms with Crippen LogP contribution in [0.1, 0.15) is 47.0 Å². The Labute approximate surface area is 104 Å². The molecule has 17 heavy (non-hydrogen) atoms. The molecule has 0 fully saturated rings. The van der Waals surface area contributed by atoms with Gasteiger partial charge in [0.05, 0.1) is 0 Å². The molecule has 0 saturated heterocycles. The Morgan fingerprint density at radius 2 is 2.00 bits per heavy atom. The maximum Gasteiger partial charge on any atom is 0.316 e. The summed E-state index contributed by atoms with van der Waals surface area (Å²) in [6, 6.07) is 0. The average Bonchev–Trinajstić information content (AvgIpc) is 2.26. The third-order valence-electron chi connectivity index (χ3n) is 2.79. The molecule has 0 spiro atoms. The summed E-state index contributed by atoms with van der Waals surface area (Å²) in [5.41, 5.74) is -0.505. The summed E-state index contributed by atoms with van der Waals surface area (Å²) in [7, 11) is 0. The number of esters is 1. The van der Waals surface area contributed by atoms with E-state index in [1.807, 2.05) is 19.9 Å². The maximum atomic E-state index is 11.5. The van der Waals surface area contributed by atoms with E-state index >= 15 is 0 Å². The summed E-state index contributed by atoms with van der Waals surface area (Å²) in [6.45, 7) is 11.1. The molecule has 0 rings (SSSR count). The molecule has 0 heterocycles. The first kappa shape index (κ1) is 15.9. The molecule has 0 aliphatic heterocycles. The minimum Gasteiger partial charge on any atom is -0.459 e. The minimum absolute atomic E-state index is 0.443. The number of hydrogen-bond donors (Lipinski definition) is 0. The summed E-state index contributed by atoms with van der Waals surface area (Å²) >= 11 is 0. The Balaban J connectivity index is 4.06. The number of carbonyl (C=O) groups excluding carboxylic acids is 2. The van der Waals surface area contributed by atoms with Crippen molar-refractivity contribution < 1.29 is 14.3 Å². The smallest absolute Gasteiger partial charge is 0.316 e. The zero-order chi connectivity index (χ0) is 13.5. The van der Waals surface area contributed by atoms with Gasteiger partial charge in [-0.1, -0.05) is 13.0 Å². The maximum absolute atomic E-state index is 11.5. The molecule has 0 aromatic carbocycles. The van der Waals surface area contributed by atoms with Gasteiger partial charge in [-0.05, 0) is 46.0 Å². The first-order valence-corrected chi connectivity index (χ1v) is 6.13. The van der Waals surface area contributed by atoms with E-state index in [1.54, 1.807) is 6.92 Å². The highest BCUT2D eigenvalue weighted by atomic mass is 16.6. The van der Waals surface area contributed by atoms with Gasteiger partial charge >= 0.3 is 5.97 Å². The molecule has 2 atom stereocenters. The standard InChI is InChI=1S/C14H24O3/c1-6-11(2)8-7-9-14(4,5)17-13(16)12(3)10-15/h6,10-12H,1,7-9H2,2-5H3. The van der Waals surface area contributed by atoms with Gasteiger partial charge < -0.3 is 9.53 Å². The summed E-state index contributed by atoms with van der Waals surface area (Å²) in [4.78, 5) is 21.9. The van der Waals surface area contributed by atoms with E-state index in [0.29, 0.717) is 12.2 Å². The second kappa shape index (κ2) is 7.25. The van der Waals surface area contributed by atoms with Gasteiger partial charge in [0.15, 0.2) is 0 Å². The summed E-state index contributed by atoms with van der Waals surface area (Å²) in [6.07, 6.45) is 5.34. The van der Waals surface area contributed by atoms with Crippen LogP contribution in [0, 0.1) is 11.8 Å². The summed E-state index contributed by atoms with van der Waals surface area (Å²) < 4.78 is 5.31. The second-order valence-electron chi connectivity index (χ2n) is 5.21. The molecule has 2 unspecified atom stereocenters. The summed E-state index contributed by atoms with van der Waals surface area (Å²) in [5, 5.41) is 0. The van der Waals surface area contributed by atoms with Crippen LogP contribution in [-0.4, -0.2) is 17.9 Å². The minimum atomic E-state index is -0.679. The van der Waals surface area contributed by atoms with Crippen molar-refractivity contribution in [1.29, 1.82) is 0 Å². The lowest BCUT2D eigenvalue weighted by atomic mass is 9.96. The fourth-order valence-corrected chi connectivity index (χ4v) is 1.44. The van der Waals surface area contributed by atoms with Crippen LogP contribution < -0.4 is 0 Å². The monoisotopic (exact) mass is 240 g/mol. The molecular formula is C14H24O3. The third-order valence-corrected chi connectivity index (χ3v) is 2.79. The average molecular weight is 240 g/mol. The molecule has 0 amide bonds. The van der Waals surface area contributed by atoms with Gasteiger partial charge in [-0.3, -0.25) is 4.79 Å². The first-order chi connectivity index (χ1) is 7.82. The van der Waals surface area contributed by atoms with Crippen molar-refractivity contribution in [2.75, 3.05) is 0 Å². The molecule has 0 aromatic rings. The zero-order valence-corrected chi connectivity index (χ0v) is 11.4. The Bertz CT molecular complexity index is 269. The lowest BCUT2D eigenvalue weighted by Gasteiger charge is -2.26. The van der Waals surface area contributed by atoms with Gasteiger partial charge in [0.25, 0.3) is 0 Å². The van der Waals surface area contributed by atoms with Crippen LogP contribution in [0.2, 0.25) is 0 Å². The zero-order valence-electron chi connectivity index (χ0n) is 11.4. The van der Waals surface area contributed by atoms with Crippen molar-refractivity contribution in [3.05, 3.63) is 12.7 Å². The Morgan fingerprint density at radius 3 is 2.47 bits per heavy atom. The Kier molecular flexibility index (Phi) is 6.78. The fraction of sp³-hybridized carbons (Fsp3) is 0.714. The highest BCUT2D eigenvalue weighted by Crippen LogP contribution is 2.21. The van der Waals surface area contributed by atoms with Crippen LogP contribution in [0.3, 0.4) is 0 Å². The second-order valence-corrected chi connectivity index (χ2v) is 5.21. The highest BCUT2D eigenvalue weighted by molar-refractivity contribution is 5.87. The predicted octanol–water partition coefficient (Wildman–Crippen LogP) is 3.14. The van der Waals surface area contributed by atoms with Crippen molar-refractivity contribution >= 4 is 12.3 Å². The van der Waals surface area contributed by atoms with Crippen LogP contribution in [0.25, 0.3) is 0 Å². The lowest BCUT2D eigenvalue weighted by molar-refractivity contribution is -0.161. The van der Waals surface area contributed by atoms with E-state index in [1.165, 1.54) is 0 Å². The van der Waals surface area contributed by atoms with Crippen molar-refractivity contribution in [2.24, 2.45) is 11.8 Å². The van der Waals surface area contributed by atoms with Gasteiger partial charge in [-0.25, -0.2) is 0 Å². The lowest BCUT2D eigenvalue weighted by Crippen LogP contribution is -2.31.